The first kappa shape index (κ1) is 14.3. The molecule has 0 aliphatic rings. The van der Waals surface area contributed by atoms with Gasteiger partial charge in [-0.1, -0.05) is 0 Å². The number of aldehydes is 1. The third-order valence-electron chi connectivity index (χ3n) is 3.85. The summed E-state index contributed by atoms with van der Waals surface area (Å²) in [6, 6.07) is 7.34. The fourth-order valence-electron chi connectivity index (χ4n) is 2.76. The van der Waals surface area contributed by atoms with Gasteiger partial charge in [-0.15, -0.1) is 0 Å². The maximum atomic E-state index is 11.9. The molecule has 2 aromatic heterocycles. The van der Waals surface area contributed by atoms with E-state index in [2.05, 4.69) is 9.55 Å². The van der Waals surface area contributed by atoms with E-state index in [0.29, 0.717) is 11.1 Å². The molecule has 1 aromatic carbocycles. The molecule has 3 rings (SSSR count). The Morgan fingerprint density at radius 2 is 2.05 bits per heavy atom. The van der Waals surface area contributed by atoms with Crippen LogP contribution in [0.1, 0.15) is 22.8 Å². The molecule has 0 saturated carbocycles. The average molecular weight is 295 g/mol. The van der Waals surface area contributed by atoms with Gasteiger partial charge in [0.15, 0.2) is 0 Å². The standard InChI is InChI=1S/C17H17N3O2/c1-4-20-15-6-5-12(10-21)8-14(15)18-16(20)13-7-11(2)17(22)19(3)9-13/h5-10H,4H2,1-3H3. The van der Waals surface area contributed by atoms with Crippen LogP contribution < -0.4 is 5.56 Å². The van der Waals surface area contributed by atoms with Gasteiger partial charge in [0.2, 0.25) is 0 Å². The number of aromatic nitrogens is 3. The van der Waals surface area contributed by atoms with Crippen molar-refractivity contribution in [3.05, 3.63) is 51.9 Å². The van der Waals surface area contributed by atoms with Gasteiger partial charge < -0.3 is 9.13 Å². The highest BCUT2D eigenvalue weighted by Gasteiger charge is 2.13. The first-order valence-electron chi connectivity index (χ1n) is 7.18. The second kappa shape index (κ2) is 5.26. The van der Waals surface area contributed by atoms with Crippen LogP contribution in [0.5, 0.6) is 0 Å². The van der Waals surface area contributed by atoms with Gasteiger partial charge in [0.05, 0.1) is 11.0 Å². The number of carbonyl (C=O) groups is 1. The Hall–Kier alpha value is -2.69. The van der Waals surface area contributed by atoms with E-state index in [-0.39, 0.29) is 5.56 Å². The summed E-state index contributed by atoms with van der Waals surface area (Å²) >= 11 is 0. The summed E-state index contributed by atoms with van der Waals surface area (Å²) in [7, 11) is 1.74. The van der Waals surface area contributed by atoms with E-state index in [1.54, 1.807) is 36.9 Å². The van der Waals surface area contributed by atoms with Crippen LogP contribution in [0.15, 0.2) is 35.3 Å². The smallest absolute Gasteiger partial charge is 0.253 e. The zero-order valence-corrected chi connectivity index (χ0v) is 12.8. The summed E-state index contributed by atoms with van der Waals surface area (Å²) < 4.78 is 3.66. The van der Waals surface area contributed by atoms with Crippen molar-refractivity contribution in [2.75, 3.05) is 0 Å². The minimum Gasteiger partial charge on any atom is -0.324 e. The number of fused-ring (bicyclic) bond motifs is 1. The van der Waals surface area contributed by atoms with Crippen LogP contribution in [-0.4, -0.2) is 20.4 Å². The zero-order valence-electron chi connectivity index (χ0n) is 12.8. The van der Waals surface area contributed by atoms with Crippen molar-refractivity contribution in [3.8, 4) is 11.4 Å². The molecule has 112 valence electrons. The molecular weight excluding hydrogens is 278 g/mol. The summed E-state index contributed by atoms with van der Waals surface area (Å²) in [5.74, 6) is 0.805. The van der Waals surface area contributed by atoms with Crippen LogP contribution >= 0.6 is 0 Å². The Kier molecular flexibility index (Phi) is 3.41. The second-order valence-corrected chi connectivity index (χ2v) is 5.37. The predicted octanol–water partition coefficient (Wildman–Crippen LogP) is 2.54. The zero-order chi connectivity index (χ0) is 15.9. The van der Waals surface area contributed by atoms with Crippen molar-refractivity contribution in [1.82, 2.24) is 14.1 Å². The van der Waals surface area contributed by atoms with Crippen LogP contribution in [0.25, 0.3) is 22.4 Å². The lowest BCUT2D eigenvalue weighted by molar-refractivity contribution is 0.112. The number of rotatable bonds is 3. The Morgan fingerprint density at radius 3 is 2.68 bits per heavy atom. The molecule has 22 heavy (non-hydrogen) atoms. The number of pyridine rings is 1. The highest BCUT2D eigenvalue weighted by molar-refractivity contribution is 5.87. The highest BCUT2D eigenvalue weighted by atomic mass is 16.1. The number of aryl methyl sites for hydroxylation is 3. The van der Waals surface area contributed by atoms with Crippen molar-refractivity contribution in [2.24, 2.45) is 7.05 Å². The minimum absolute atomic E-state index is 0.00819. The van der Waals surface area contributed by atoms with Crippen LogP contribution in [0, 0.1) is 6.92 Å². The van der Waals surface area contributed by atoms with Crippen LogP contribution in [0.3, 0.4) is 0 Å². The molecule has 0 amide bonds. The molecule has 0 N–H and O–H groups in total. The predicted molar refractivity (Wildman–Crippen MR) is 86.2 cm³/mol. The molecule has 0 aliphatic heterocycles. The number of carbonyl (C=O) groups excluding carboxylic acids is 1. The van der Waals surface area contributed by atoms with Gasteiger partial charge in [0.1, 0.15) is 12.1 Å². The summed E-state index contributed by atoms with van der Waals surface area (Å²) in [5, 5.41) is 0. The molecule has 0 saturated heterocycles. The minimum atomic E-state index is -0.00819. The Balaban J connectivity index is 2.30. The van der Waals surface area contributed by atoms with Gasteiger partial charge in [0, 0.05) is 36.5 Å². The van der Waals surface area contributed by atoms with Crippen molar-refractivity contribution >= 4 is 17.3 Å². The van der Waals surface area contributed by atoms with Crippen molar-refractivity contribution in [3.63, 3.8) is 0 Å². The van der Waals surface area contributed by atoms with Gasteiger partial charge in [-0.2, -0.15) is 0 Å². The van der Waals surface area contributed by atoms with E-state index >= 15 is 0 Å². The van der Waals surface area contributed by atoms with E-state index in [9.17, 15) is 9.59 Å². The maximum absolute atomic E-state index is 11.9. The monoisotopic (exact) mass is 295 g/mol. The van der Waals surface area contributed by atoms with E-state index < -0.39 is 0 Å². The summed E-state index contributed by atoms with van der Waals surface area (Å²) in [6.07, 6.45) is 2.61. The van der Waals surface area contributed by atoms with Gasteiger partial charge in [-0.05, 0) is 38.1 Å². The SMILES string of the molecule is CCn1c(-c2cc(C)c(=O)n(C)c2)nc2cc(C=O)ccc21. The van der Waals surface area contributed by atoms with Crippen molar-refractivity contribution in [2.45, 2.75) is 20.4 Å². The fraction of sp³-hybridized carbons (Fsp3) is 0.235. The van der Waals surface area contributed by atoms with Crippen LogP contribution in [0.4, 0.5) is 0 Å². The second-order valence-electron chi connectivity index (χ2n) is 5.37. The molecule has 0 unspecified atom stereocenters. The van der Waals surface area contributed by atoms with E-state index in [4.69, 9.17) is 0 Å². The van der Waals surface area contributed by atoms with E-state index in [1.165, 1.54) is 0 Å². The number of hydrogen-bond acceptors (Lipinski definition) is 3. The summed E-state index contributed by atoms with van der Waals surface area (Å²) in [5.41, 5.74) is 3.94. The fourth-order valence-corrected chi connectivity index (χ4v) is 2.76. The topological polar surface area (TPSA) is 56.9 Å². The largest absolute Gasteiger partial charge is 0.324 e. The van der Waals surface area contributed by atoms with Crippen molar-refractivity contribution < 1.29 is 4.79 Å². The molecule has 3 aromatic rings. The van der Waals surface area contributed by atoms with Crippen molar-refractivity contribution in [1.29, 1.82) is 0 Å². The lowest BCUT2D eigenvalue weighted by Crippen LogP contribution is -2.18. The number of imidazole rings is 1. The van der Waals surface area contributed by atoms with Crippen LogP contribution in [-0.2, 0) is 13.6 Å². The molecule has 0 atom stereocenters. The van der Waals surface area contributed by atoms with Gasteiger partial charge in [0.25, 0.3) is 5.56 Å². The Morgan fingerprint density at radius 1 is 1.27 bits per heavy atom. The highest BCUT2D eigenvalue weighted by Crippen LogP contribution is 2.25. The van der Waals surface area contributed by atoms with Gasteiger partial charge in [-0.3, -0.25) is 9.59 Å². The average Bonchev–Trinajstić information content (AvgIpc) is 2.89. The summed E-state index contributed by atoms with van der Waals surface area (Å²) in [6.45, 7) is 4.61. The third kappa shape index (κ3) is 2.15. The first-order valence-corrected chi connectivity index (χ1v) is 7.18. The van der Waals surface area contributed by atoms with Crippen LogP contribution in [0.2, 0.25) is 0 Å². The Bertz CT molecular complexity index is 909. The molecule has 0 fully saturated rings. The molecule has 0 aliphatic carbocycles. The molecule has 2 heterocycles. The molecule has 5 heteroatoms. The molecule has 5 nitrogen and oxygen atoms in total. The van der Waals surface area contributed by atoms with Gasteiger partial charge in [-0.25, -0.2) is 4.98 Å². The number of nitrogens with zero attached hydrogens (tertiary/aromatic N) is 3. The quantitative estimate of drug-likeness (QED) is 0.698. The molecule has 0 bridgehead atoms. The third-order valence-corrected chi connectivity index (χ3v) is 3.85. The summed E-state index contributed by atoms with van der Waals surface area (Å²) in [4.78, 5) is 27.5. The van der Waals surface area contributed by atoms with E-state index in [0.717, 1.165) is 35.3 Å². The Labute approximate surface area is 127 Å². The number of hydrogen-bond donors (Lipinski definition) is 0. The maximum Gasteiger partial charge on any atom is 0.253 e. The molecule has 0 radical (unpaired) electrons. The van der Waals surface area contributed by atoms with Gasteiger partial charge >= 0.3 is 0 Å². The normalized spacial score (nSPS) is 11.0. The molecule has 0 spiro atoms. The van der Waals surface area contributed by atoms with E-state index in [1.807, 2.05) is 19.1 Å². The lowest BCUT2D eigenvalue weighted by Gasteiger charge is -2.08. The lowest BCUT2D eigenvalue weighted by atomic mass is 10.2. The molecular formula is C17H17N3O2. The first-order chi connectivity index (χ1) is 10.5. The number of benzene rings is 1.